The van der Waals surface area contributed by atoms with Crippen molar-refractivity contribution in [3.8, 4) is 0 Å². The zero-order valence-electron chi connectivity index (χ0n) is 18.5. The molecule has 0 aliphatic heterocycles. The number of aromatic nitrogens is 2. The number of rotatable bonds is 8. The van der Waals surface area contributed by atoms with E-state index in [2.05, 4.69) is 31.2 Å². The fourth-order valence-electron chi connectivity index (χ4n) is 4.06. The van der Waals surface area contributed by atoms with Crippen molar-refractivity contribution in [1.82, 2.24) is 15.1 Å². The first kappa shape index (κ1) is 22.2. The summed E-state index contributed by atoms with van der Waals surface area (Å²) in [5.41, 5.74) is 5.80. The molecule has 2 aromatic rings. The summed E-state index contributed by atoms with van der Waals surface area (Å²) in [4.78, 5) is 23.4. The molecule has 0 bridgehead atoms. The maximum Gasteiger partial charge on any atom is 0.304 e. The highest BCUT2D eigenvalue weighted by Gasteiger charge is 2.36. The molecule has 30 heavy (non-hydrogen) atoms. The van der Waals surface area contributed by atoms with Crippen molar-refractivity contribution in [2.24, 2.45) is 11.3 Å². The van der Waals surface area contributed by atoms with Crippen LogP contribution in [0.15, 0.2) is 24.3 Å². The number of carboxylic acid groups (broad SMARTS) is 1. The quantitative estimate of drug-likeness (QED) is 0.646. The second-order valence-electron chi connectivity index (χ2n) is 9.22. The SMILES string of the molecule is Cc1nn(C(=O)CCc2ccc(CNCCC(=O)O)cc2)c2c1CC(C)(C)[C@H](C)C2. The Kier molecular flexibility index (Phi) is 6.76. The number of hydrogen-bond acceptors (Lipinski definition) is 4. The van der Waals surface area contributed by atoms with Gasteiger partial charge in [0.2, 0.25) is 5.91 Å². The van der Waals surface area contributed by atoms with Crippen LogP contribution >= 0.6 is 0 Å². The predicted molar refractivity (Wildman–Crippen MR) is 117 cm³/mol. The van der Waals surface area contributed by atoms with Crippen LogP contribution in [0.2, 0.25) is 0 Å². The highest BCUT2D eigenvalue weighted by molar-refractivity contribution is 5.79. The van der Waals surface area contributed by atoms with Gasteiger partial charge < -0.3 is 10.4 Å². The fraction of sp³-hybridized carbons (Fsp3) is 0.542. The van der Waals surface area contributed by atoms with Gasteiger partial charge in [-0.3, -0.25) is 9.59 Å². The molecule has 1 aromatic heterocycles. The summed E-state index contributed by atoms with van der Waals surface area (Å²) in [6.07, 6.45) is 3.11. The molecule has 0 unspecified atom stereocenters. The lowest BCUT2D eigenvalue weighted by molar-refractivity contribution is -0.136. The predicted octanol–water partition coefficient (Wildman–Crippen LogP) is 3.79. The highest BCUT2D eigenvalue weighted by Crippen LogP contribution is 2.40. The molecular formula is C24H33N3O3. The third kappa shape index (κ3) is 5.17. The zero-order chi connectivity index (χ0) is 21.9. The van der Waals surface area contributed by atoms with Gasteiger partial charge in [-0.15, -0.1) is 0 Å². The molecule has 0 spiro atoms. The van der Waals surface area contributed by atoms with Crippen LogP contribution in [-0.4, -0.2) is 33.3 Å². The molecule has 1 atom stereocenters. The Hall–Kier alpha value is -2.47. The number of fused-ring (bicyclic) bond motifs is 1. The molecular weight excluding hydrogens is 378 g/mol. The number of carbonyl (C=O) groups excluding carboxylic acids is 1. The lowest BCUT2D eigenvalue weighted by atomic mass is 9.69. The summed E-state index contributed by atoms with van der Waals surface area (Å²) in [7, 11) is 0. The first-order chi connectivity index (χ1) is 14.2. The van der Waals surface area contributed by atoms with Gasteiger partial charge in [-0.2, -0.15) is 5.10 Å². The molecule has 2 N–H and O–H groups in total. The zero-order valence-corrected chi connectivity index (χ0v) is 18.5. The molecule has 0 radical (unpaired) electrons. The maximum atomic E-state index is 12.9. The minimum atomic E-state index is -0.797. The van der Waals surface area contributed by atoms with Crippen LogP contribution in [0.25, 0.3) is 0 Å². The van der Waals surface area contributed by atoms with Crippen molar-refractivity contribution >= 4 is 11.9 Å². The third-order valence-corrected chi connectivity index (χ3v) is 6.49. The van der Waals surface area contributed by atoms with Gasteiger partial charge in [-0.1, -0.05) is 45.0 Å². The lowest BCUT2D eigenvalue weighted by Crippen LogP contribution is -2.32. The maximum absolute atomic E-state index is 12.9. The summed E-state index contributed by atoms with van der Waals surface area (Å²) in [5, 5.41) is 16.4. The van der Waals surface area contributed by atoms with E-state index >= 15 is 0 Å². The van der Waals surface area contributed by atoms with Gasteiger partial charge >= 0.3 is 5.97 Å². The molecule has 0 amide bonds. The van der Waals surface area contributed by atoms with E-state index in [1.165, 1.54) is 5.56 Å². The van der Waals surface area contributed by atoms with E-state index in [-0.39, 0.29) is 17.7 Å². The van der Waals surface area contributed by atoms with Gasteiger partial charge in [0.05, 0.1) is 17.8 Å². The van der Waals surface area contributed by atoms with Gasteiger partial charge in [-0.05, 0) is 54.2 Å². The molecule has 1 aliphatic rings. The van der Waals surface area contributed by atoms with Gasteiger partial charge in [-0.25, -0.2) is 4.68 Å². The smallest absolute Gasteiger partial charge is 0.304 e. The van der Waals surface area contributed by atoms with E-state index in [4.69, 9.17) is 5.11 Å². The lowest BCUT2D eigenvalue weighted by Gasteiger charge is -2.36. The van der Waals surface area contributed by atoms with Crippen LogP contribution in [-0.2, 0) is 30.6 Å². The molecule has 0 saturated carbocycles. The van der Waals surface area contributed by atoms with Crippen molar-refractivity contribution in [2.75, 3.05) is 6.54 Å². The number of nitrogens with one attached hydrogen (secondary N) is 1. The standard InChI is InChI=1S/C24H33N3O3/c1-16-13-21-20(14-24(16,3)4)17(2)26-27(21)22(28)10-9-18-5-7-19(8-6-18)15-25-12-11-23(29)30/h5-8,16,25H,9-15H2,1-4H3,(H,29,30)/t16-/m1/s1. The summed E-state index contributed by atoms with van der Waals surface area (Å²) in [5.74, 6) is -0.218. The monoisotopic (exact) mass is 411 g/mol. The Bertz CT molecular complexity index is 913. The Morgan fingerprint density at radius 1 is 1.20 bits per heavy atom. The number of hydrogen-bond donors (Lipinski definition) is 2. The van der Waals surface area contributed by atoms with Gasteiger partial charge in [0.1, 0.15) is 0 Å². The van der Waals surface area contributed by atoms with Crippen LogP contribution < -0.4 is 5.32 Å². The normalized spacial score (nSPS) is 17.5. The van der Waals surface area contributed by atoms with E-state index in [0.717, 1.165) is 35.4 Å². The molecule has 1 heterocycles. The molecule has 162 valence electrons. The number of carboxylic acids is 1. The van der Waals surface area contributed by atoms with Crippen LogP contribution in [0.3, 0.4) is 0 Å². The minimum absolute atomic E-state index is 0.0608. The summed E-state index contributed by atoms with van der Waals surface area (Å²) < 4.78 is 1.66. The number of aliphatic carboxylic acids is 1. The largest absolute Gasteiger partial charge is 0.481 e. The molecule has 1 aliphatic carbocycles. The number of carbonyl (C=O) groups is 2. The Morgan fingerprint density at radius 3 is 2.53 bits per heavy atom. The van der Waals surface area contributed by atoms with Crippen molar-refractivity contribution in [3.05, 3.63) is 52.3 Å². The Balaban J connectivity index is 1.57. The molecule has 0 fully saturated rings. The first-order valence-electron chi connectivity index (χ1n) is 10.8. The van der Waals surface area contributed by atoms with E-state index in [0.29, 0.717) is 31.8 Å². The third-order valence-electron chi connectivity index (χ3n) is 6.49. The highest BCUT2D eigenvalue weighted by atomic mass is 16.4. The first-order valence-corrected chi connectivity index (χ1v) is 10.8. The van der Waals surface area contributed by atoms with Gasteiger partial charge in [0, 0.05) is 19.5 Å². The van der Waals surface area contributed by atoms with Crippen LogP contribution in [0.4, 0.5) is 0 Å². The summed E-state index contributed by atoms with van der Waals surface area (Å²) in [6, 6.07) is 8.13. The second-order valence-corrected chi connectivity index (χ2v) is 9.22. The van der Waals surface area contributed by atoms with E-state index in [1.807, 2.05) is 31.2 Å². The molecule has 1 aromatic carbocycles. The van der Waals surface area contributed by atoms with Crippen LogP contribution in [0, 0.1) is 18.3 Å². The Labute approximate surface area is 178 Å². The summed E-state index contributed by atoms with van der Waals surface area (Å²) in [6.45, 7) is 9.96. The topological polar surface area (TPSA) is 84.2 Å². The van der Waals surface area contributed by atoms with Crippen LogP contribution in [0.1, 0.15) is 66.5 Å². The summed E-state index contributed by atoms with van der Waals surface area (Å²) >= 11 is 0. The van der Waals surface area contributed by atoms with E-state index < -0.39 is 5.97 Å². The number of nitrogens with zero attached hydrogens (tertiary/aromatic N) is 2. The van der Waals surface area contributed by atoms with Crippen molar-refractivity contribution in [3.63, 3.8) is 0 Å². The average Bonchev–Trinajstić information content (AvgIpc) is 2.99. The fourth-order valence-corrected chi connectivity index (χ4v) is 4.06. The molecule has 3 rings (SSSR count). The van der Waals surface area contributed by atoms with Crippen LogP contribution in [0.5, 0.6) is 0 Å². The van der Waals surface area contributed by atoms with E-state index in [1.54, 1.807) is 4.68 Å². The average molecular weight is 412 g/mol. The molecule has 0 saturated heterocycles. The van der Waals surface area contributed by atoms with Crippen molar-refractivity contribution in [1.29, 1.82) is 0 Å². The minimum Gasteiger partial charge on any atom is -0.481 e. The molecule has 6 nitrogen and oxygen atoms in total. The van der Waals surface area contributed by atoms with Crippen molar-refractivity contribution in [2.45, 2.75) is 66.3 Å². The number of aryl methyl sites for hydroxylation is 2. The molecule has 6 heteroatoms. The number of benzene rings is 1. The van der Waals surface area contributed by atoms with E-state index in [9.17, 15) is 9.59 Å². The second kappa shape index (κ2) is 9.13. The Morgan fingerprint density at radius 2 is 1.87 bits per heavy atom. The van der Waals surface area contributed by atoms with Gasteiger partial charge in [0.25, 0.3) is 0 Å². The van der Waals surface area contributed by atoms with Gasteiger partial charge in [0.15, 0.2) is 0 Å². The van der Waals surface area contributed by atoms with Crippen molar-refractivity contribution < 1.29 is 14.7 Å².